The van der Waals surface area contributed by atoms with E-state index in [9.17, 15) is 4.79 Å². The van der Waals surface area contributed by atoms with Gasteiger partial charge >= 0.3 is 0 Å². The van der Waals surface area contributed by atoms with Crippen LogP contribution in [0.5, 0.6) is 11.5 Å². The van der Waals surface area contributed by atoms with E-state index in [1.807, 2.05) is 78.9 Å². The summed E-state index contributed by atoms with van der Waals surface area (Å²) < 4.78 is 17.1. The van der Waals surface area contributed by atoms with E-state index in [4.69, 9.17) is 13.9 Å². The van der Waals surface area contributed by atoms with Crippen molar-refractivity contribution in [2.24, 2.45) is 0 Å². The highest BCUT2D eigenvalue weighted by Gasteiger charge is 2.33. The lowest BCUT2D eigenvalue weighted by atomic mass is 10.0. The zero-order valence-corrected chi connectivity index (χ0v) is 18.7. The average Bonchev–Trinajstić information content (AvgIpc) is 3.36. The number of anilines is 1. The van der Waals surface area contributed by atoms with Crippen LogP contribution in [0.15, 0.2) is 88.5 Å². The lowest BCUT2D eigenvalue weighted by molar-refractivity contribution is -0.117. The van der Waals surface area contributed by atoms with Crippen molar-refractivity contribution < 1.29 is 18.7 Å². The molecule has 0 spiro atoms. The summed E-state index contributed by atoms with van der Waals surface area (Å²) in [6, 6.07) is 24.7. The molecule has 1 atom stereocenters. The Hall–Kier alpha value is -3.78. The average molecular weight is 460 g/mol. The van der Waals surface area contributed by atoms with E-state index < -0.39 is 0 Å². The predicted molar refractivity (Wildman–Crippen MR) is 126 cm³/mol. The topological polar surface area (TPSA) is 77.7 Å². The number of hydrogen-bond acceptors (Lipinski definition) is 7. The smallest absolute Gasteiger partial charge is 0.277 e. The maximum absolute atomic E-state index is 13.4. The van der Waals surface area contributed by atoms with Gasteiger partial charge < -0.3 is 13.9 Å². The normalized spacial score (nSPS) is 14.9. The summed E-state index contributed by atoms with van der Waals surface area (Å²) in [5, 5.41) is 8.54. The van der Waals surface area contributed by atoms with Crippen molar-refractivity contribution in [2.45, 2.75) is 11.3 Å². The Morgan fingerprint density at radius 2 is 1.79 bits per heavy atom. The minimum Gasteiger partial charge on any atom is -0.496 e. The molecular formula is C25H21N3O4S. The Kier molecular flexibility index (Phi) is 5.99. The third kappa shape index (κ3) is 4.29. The van der Waals surface area contributed by atoms with Crippen LogP contribution in [-0.4, -0.2) is 35.6 Å². The number of carbonyl (C=O) groups excluding carboxylic acids is 1. The molecule has 7 nitrogen and oxygen atoms in total. The first-order valence-corrected chi connectivity index (χ1v) is 11.4. The number of nitrogens with zero attached hydrogens (tertiary/aromatic N) is 3. The summed E-state index contributed by atoms with van der Waals surface area (Å²) >= 11 is 1.21. The first kappa shape index (κ1) is 21.1. The molecule has 0 fully saturated rings. The van der Waals surface area contributed by atoms with Crippen LogP contribution in [-0.2, 0) is 4.79 Å². The molecule has 1 aromatic heterocycles. The van der Waals surface area contributed by atoms with E-state index >= 15 is 0 Å². The van der Waals surface area contributed by atoms with Crippen LogP contribution >= 0.6 is 11.8 Å². The molecule has 4 aromatic rings. The van der Waals surface area contributed by atoms with Crippen LogP contribution in [0.25, 0.3) is 11.5 Å². The van der Waals surface area contributed by atoms with E-state index in [2.05, 4.69) is 10.2 Å². The second kappa shape index (κ2) is 9.38. The molecule has 166 valence electrons. The number of hydrogen-bond donors (Lipinski definition) is 0. The quantitative estimate of drug-likeness (QED) is 0.375. The van der Waals surface area contributed by atoms with Gasteiger partial charge in [0, 0.05) is 0 Å². The maximum Gasteiger partial charge on any atom is 0.277 e. The van der Waals surface area contributed by atoms with Gasteiger partial charge in [0.15, 0.2) is 0 Å². The van der Waals surface area contributed by atoms with Crippen LogP contribution in [0, 0.1) is 0 Å². The van der Waals surface area contributed by atoms with Crippen molar-refractivity contribution in [3.63, 3.8) is 0 Å². The number of fused-ring (bicyclic) bond motifs is 1. The van der Waals surface area contributed by atoms with Gasteiger partial charge in [-0.05, 0) is 29.8 Å². The SMILES string of the molecule is COc1ccccc1-c1nnc(SCC(=O)N2c3ccccc3OC[C@@H]2c2ccccc2)o1. The highest BCUT2D eigenvalue weighted by atomic mass is 32.2. The van der Waals surface area contributed by atoms with E-state index in [1.54, 1.807) is 12.0 Å². The number of benzene rings is 3. The second-order valence-corrected chi connectivity index (χ2v) is 8.26. The van der Waals surface area contributed by atoms with Crippen LogP contribution in [0.2, 0.25) is 0 Å². The lowest BCUT2D eigenvalue weighted by Crippen LogP contribution is -2.42. The predicted octanol–water partition coefficient (Wildman–Crippen LogP) is 5.00. The zero-order chi connectivity index (χ0) is 22.6. The Morgan fingerprint density at radius 1 is 1.03 bits per heavy atom. The number of carbonyl (C=O) groups is 1. The standard InChI is InChI=1S/C25H21N3O4S/c1-30-21-13-7-5-11-18(21)24-26-27-25(32-24)33-16-23(29)28-19-12-6-8-14-22(19)31-15-20(28)17-9-3-2-4-10-17/h2-14,20H,15-16H2,1H3/t20-/m1/s1. The second-order valence-electron chi connectivity index (χ2n) is 7.33. The van der Waals surface area contributed by atoms with E-state index in [1.165, 1.54) is 11.8 Å². The molecule has 2 heterocycles. The van der Waals surface area contributed by atoms with Gasteiger partial charge in [0.25, 0.3) is 11.1 Å². The highest BCUT2D eigenvalue weighted by molar-refractivity contribution is 7.99. The molecule has 0 saturated heterocycles. The Labute approximate surface area is 195 Å². The molecule has 1 amide bonds. The molecule has 33 heavy (non-hydrogen) atoms. The molecule has 8 heteroatoms. The Morgan fingerprint density at radius 3 is 2.64 bits per heavy atom. The fraction of sp³-hybridized carbons (Fsp3) is 0.160. The van der Waals surface area contributed by atoms with Gasteiger partial charge in [-0.3, -0.25) is 9.69 Å². The molecule has 1 aliphatic rings. The molecule has 0 aliphatic carbocycles. The van der Waals surface area contributed by atoms with Gasteiger partial charge in [-0.25, -0.2) is 0 Å². The molecule has 0 bridgehead atoms. The minimum atomic E-state index is -0.221. The van der Waals surface area contributed by atoms with Gasteiger partial charge in [-0.1, -0.05) is 66.4 Å². The molecule has 3 aromatic carbocycles. The molecule has 1 aliphatic heterocycles. The van der Waals surface area contributed by atoms with E-state index in [0.29, 0.717) is 34.8 Å². The number of para-hydroxylation sites is 3. The van der Waals surface area contributed by atoms with Crippen molar-refractivity contribution >= 4 is 23.4 Å². The molecule has 0 saturated carbocycles. The summed E-state index contributed by atoms with van der Waals surface area (Å²) in [4.78, 5) is 15.2. The fourth-order valence-corrected chi connectivity index (χ4v) is 4.43. The number of amides is 1. The molecular weight excluding hydrogens is 438 g/mol. The third-order valence-electron chi connectivity index (χ3n) is 5.35. The molecule has 5 rings (SSSR count). The van der Waals surface area contributed by atoms with Crippen molar-refractivity contribution in [3.05, 3.63) is 84.4 Å². The van der Waals surface area contributed by atoms with Crippen molar-refractivity contribution in [3.8, 4) is 23.0 Å². The van der Waals surface area contributed by atoms with Gasteiger partial charge in [0.1, 0.15) is 18.1 Å². The number of thioether (sulfide) groups is 1. The first-order chi connectivity index (χ1) is 16.2. The third-order valence-corrected chi connectivity index (χ3v) is 6.15. The summed E-state index contributed by atoms with van der Waals surface area (Å²) in [5.74, 6) is 1.76. The van der Waals surface area contributed by atoms with Gasteiger partial charge in [-0.15, -0.1) is 10.2 Å². The number of ether oxygens (including phenoxy) is 2. The van der Waals surface area contributed by atoms with Crippen LogP contribution < -0.4 is 14.4 Å². The maximum atomic E-state index is 13.4. The summed E-state index contributed by atoms with van der Waals surface area (Å²) in [7, 11) is 1.59. The summed E-state index contributed by atoms with van der Waals surface area (Å²) in [6.07, 6.45) is 0. The van der Waals surface area contributed by atoms with Crippen molar-refractivity contribution in [1.29, 1.82) is 0 Å². The largest absolute Gasteiger partial charge is 0.496 e. The van der Waals surface area contributed by atoms with Crippen molar-refractivity contribution in [1.82, 2.24) is 10.2 Å². The monoisotopic (exact) mass is 459 g/mol. The number of aromatic nitrogens is 2. The number of methoxy groups -OCH3 is 1. The molecule has 0 radical (unpaired) electrons. The van der Waals surface area contributed by atoms with Crippen LogP contribution in [0.1, 0.15) is 11.6 Å². The molecule has 0 N–H and O–H groups in total. The Bertz CT molecular complexity index is 1260. The highest BCUT2D eigenvalue weighted by Crippen LogP contribution is 2.40. The lowest BCUT2D eigenvalue weighted by Gasteiger charge is -2.37. The fourth-order valence-electron chi connectivity index (χ4n) is 3.81. The van der Waals surface area contributed by atoms with Crippen molar-refractivity contribution in [2.75, 3.05) is 24.4 Å². The zero-order valence-electron chi connectivity index (χ0n) is 17.9. The molecule has 0 unspecified atom stereocenters. The van der Waals surface area contributed by atoms with Gasteiger partial charge in [-0.2, -0.15) is 0 Å². The van der Waals surface area contributed by atoms with Crippen LogP contribution in [0.3, 0.4) is 0 Å². The van der Waals surface area contributed by atoms with E-state index in [-0.39, 0.29) is 17.7 Å². The first-order valence-electron chi connectivity index (χ1n) is 10.4. The van der Waals surface area contributed by atoms with Gasteiger partial charge in [0.05, 0.1) is 30.2 Å². The minimum absolute atomic E-state index is 0.0679. The van der Waals surface area contributed by atoms with E-state index in [0.717, 1.165) is 11.3 Å². The summed E-state index contributed by atoms with van der Waals surface area (Å²) in [5.41, 5.74) is 2.47. The summed E-state index contributed by atoms with van der Waals surface area (Å²) in [6.45, 7) is 0.385. The van der Waals surface area contributed by atoms with Gasteiger partial charge in [0.2, 0.25) is 5.91 Å². The Balaban J connectivity index is 1.37. The van der Waals surface area contributed by atoms with Crippen LogP contribution in [0.4, 0.5) is 5.69 Å². The number of rotatable bonds is 6.